The van der Waals surface area contributed by atoms with Crippen LogP contribution in [0.3, 0.4) is 0 Å². The van der Waals surface area contributed by atoms with Gasteiger partial charge in [-0.1, -0.05) is 16.8 Å². The van der Waals surface area contributed by atoms with Crippen molar-refractivity contribution in [1.82, 2.24) is 5.01 Å². The molecule has 3 amide bonds. The molecule has 2 aromatic carbocycles. The average molecular weight is 458 g/mol. The van der Waals surface area contributed by atoms with E-state index in [0.29, 0.717) is 29.5 Å². The number of carbonyl (C=O) groups excluding carboxylic acids is 3. The van der Waals surface area contributed by atoms with E-state index in [1.807, 2.05) is 6.92 Å². The Bertz CT molecular complexity index is 1090. The normalized spacial score (nSPS) is 19.3. The zero-order valence-electron chi connectivity index (χ0n) is 17.3. The van der Waals surface area contributed by atoms with Crippen LogP contribution in [0.5, 0.6) is 11.5 Å². The largest absolute Gasteiger partial charge is 0.495 e. The summed E-state index contributed by atoms with van der Waals surface area (Å²) in [4.78, 5) is 39.4. The van der Waals surface area contributed by atoms with E-state index in [0.717, 1.165) is 4.90 Å². The van der Waals surface area contributed by atoms with Crippen molar-refractivity contribution in [3.05, 3.63) is 47.5 Å². The first-order chi connectivity index (χ1) is 15.4. The summed E-state index contributed by atoms with van der Waals surface area (Å²) in [6.07, 6.45) is 0. The van der Waals surface area contributed by atoms with Gasteiger partial charge in [0.1, 0.15) is 18.0 Å². The second-order valence-electron chi connectivity index (χ2n) is 7.03. The van der Waals surface area contributed by atoms with Crippen LogP contribution in [0.2, 0.25) is 5.02 Å². The Kier molecular flexibility index (Phi) is 5.95. The molecule has 1 saturated heterocycles. The molecule has 0 saturated carbocycles. The molecule has 0 aromatic heterocycles. The molecule has 4 rings (SSSR count). The summed E-state index contributed by atoms with van der Waals surface area (Å²) < 4.78 is 10.5. The number of methoxy groups -OCH3 is 1. The van der Waals surface area contributed by atoms with Crippen LogP contribution < -0.4 is 19.7 Å². The first-order valence-electron chi connectivity index (χ1n) is 9.84. The number of rotatable bonds is 7. The van der Waals surface area contributed by atoms with E-state index in [9.17, 15) is 14.4 Å². The highest BCUT2D eigenvalue weighted by atomic mass is 35.5. The summed E-state index contributed by atoms with van der Waals surface area (Å²) in [5, 5.41) is 12.0. The number of nitrogens with zero attached hydrogens (tertiary/aromatic N) is 4. The van der Waals surface area contributed by atoms with Gasteiger partial charge in [-0.15, -0.1) is 0 Å². The fraction of sp³-hybridized carbons (Fsp3) is 0.286. The number of fused-ring (bicyclic) bond motifs is 1. The smallest absolute Gasteiger partial charge is 0.263 e. The molecule has 2 atom stereocenters. The maximum Gasteiger partial charge on any atom is 0.263 e. The van der Waals surface area contributed by atoms with Crippen molar-refractivity contribution in [3.63, 3.8) is 0 Å². The maximum atomic E-state index is 13.0. The van der Waals surface area contributed by atoms with Gasteiger partial charge in [0.25, 0.3) is 11.8 Å². The molecule has 0 aliphatic carbocycles. The monoisotopic (exact) mass is 457 g/mol. The predicted octanol–water partition coefficient (Wildman–Crippen LogP) is 2.68. The van der Waals surface area contributed by atoms with Crippen LogP contribution in [0.4, 0.5) is 11.4 Å². The minimum absolute atomic E-state index is 0.242. The molecule has 0 radical (unpaired) electrons. The summed E-state index contributed by atoms with van der Waals surface area (Å²) >= 11 is 6.14. The number of hydrogen-bond acceptors (Lipinski definition) is 8. The van der Waals surface area contributed by atoms with E-state index in [1.165, 1.54) is 18.2 Å². The molecule has 10 nitrogen and oxygen atoms in total. The molecular weight excluding hydrogens is 438 g/mol. The van der Waals surface area contributed by atoms with Gasteiger partial charge >= 0.3 is 0 Å². The fourth-order valence-corrected chi connectivity index (χ4v) is 3.80. The number of anilines is 2. The minimum atomic E-state index is -1.01. The third kappa shape index (κ3) is 3.96. The van der Waals surface area contributed by atoms with Gasteiger partial charge in [-0.05, 0) is 49.4 Å². The Morgan fingerprint density at radius 1 is 1.16 bits per heavy atom. The van der Waals surface area contributed by atoms with Crippen molar-refractivity contribution in [3.8, 4) is 11.5 Å². The molecular formula is C21H20ClN5O5. The van der Waals surface area contributed by atoms with Crippen LogP contribution >= 0.6 is 11.6 Å². The number of amides is 3. The number of halogens is 1. The molecule has 2 aliphatic heterocycles. The van der Waals surface area contributed by atoms with Gasteiger partial charge in [-0.25, -0.2) is 4.90 Å². The van der Waals surface area contributed by atoms with Gasteiger partial charge in [-0.2, -0.15) is 5.11 Å². The third-order valence-electron chi connectivity index (χ3n) is 5.01. The van der Waals surface area contributed by atoms with Gasteiger partial charge < -0.3 is 14.8 Å². The Balaban J connectivity index is 1.45. The molecule has 0 unspecified atom stereocenters. The van der Waals surface area contributed by atoms with Crippen molar-refractivity contribution in [2.45, 2.75) is 19.0 Å². The van der Waals surface area contributed by atoms with Gasteiger partial charge in [-0.3, -0.25) is 19.4 Å². The first kappa shape index (κ1) is 21.6. The lowest BCUT2D eigenvalue weighted by Gasteiger charge is -2.20. The topological polar surface area (TPSA) is 113 Å². The zero-order chi connectivity index (χ0) is 22.8. The van der Waals surface area contributed by atoms with Crippen LogP contribution in [-0.2, 0) is 14.4 Å². The molecule has 1 fully saturated rings. The standard InChI is InChI=1S/C21H20ClN5O5/c1-3-32-14-7-4-12(5-8-14)23-17(28)11-26-19-18(24-25-26)20(29)27(21(19)30)13-6-9-16(31-2)15(22)10-13/h4-10,18-19H,3,11H2,1-2H3,(H,23,28)/t18-,19+/m1/s1. The number of nitrogens with one attached hydrogen (secondary N) is 1. The molecule has 32 heavy (non-hydrogen) atoms. The van der Waals surface area contributed by atoms with Crippen LogP contribution in [0.1, 0.15) is 6.92 Å². The van der Waals surface area contributed by atoms with Crippen LogP contribution in [0.15, 0.2) is 52.8 Å². The van der Waals surface area contributed by atoms with Crippen molar-refractivity contribution in [2.75, 3.05) is 30.5 Å². The lowest BCUT2D eigenvalue weighted by Crippen LogP contribution is -2.43. The highest BCUT2D eigenvalue weighted by Crippen LogP contribution is 2.35. The SMILES string of the molecule is CCOc1ccc(NC(=O)CN2N=N[C@H]3C(=O)N(c4ccc(OC)c(Cl)c4)C(=O)[C@H]32)cc1. The highest BCUT2D eigenvalue weighted by molar-refractivity contribution is 6.33. The molecule has 1 N–H and O–H groups in total. The van der Waals surface area contributed by atoms with Gasteiger partial charge in [0, 0.05) is 5.69 Å². The summed E-state index contributed by atoms with van der Waals surface area (Å²) in [5.74, 6) is -0.350. The Morgan fingerprint density at radius 2 is 1.91 bits per heavy atom. The zero-order valence-corrected chi connectivity index (χ0v) is 18.1. The molecule has 2 heterocycles. The van der Waals surface area contributed by atoms with Gasteiger partial charge in [0.15, 0.2) is 12.1 Å². The van der Waals surface area contributed by atoms with Crippen molar-refractivity contribution >= 4 is 40.7 Å². The molecule has 11 heteroatoms. The number of carbonyl (C=O) groups is 3. The summed E-state index contributed by atoms with van der Waals surface area (Å²) in [6.45, 7) is 2.18. The number of imide groups is 1. The molecule has 0 bridgehead atoms. The number of benzene rings is 2. The van der Waals surface area contributed by atoms with Gasteiger partial charge in [0.2, 0.25) is 5.91 Å². The van der Waals surface area contributed by atoms with E-state index < -0.39 is 29.8 Å². The maximum absolute atomic E-state index is 13.0. The number of hydrogen-bond donors (Lipinski definition) is 1. The van der Waals surface area contributed by atoms with Crippen LogP contribution in [-0.4, -0.2) is 55.1 Å². The first-order valence-corrected chi connectivity index (χ1v) is 10.2. The summed E-state index contributed by atoms with van der Waals surface area (Å²) in [5.41, 5.74) is 0.864. The van der Waals surface area contributed by atoms with E-state index in [1.54, 1.807) is 36.4 Å². The summed E-state index contributed by atoms with van der Waals surface area (Å²) in [6, 6.07) is 9.47. The Hall–Kier alpha value is -3.66. The highest BCUT2D eigenvalue weighted by Gasteiger charge is 2.55. The van der Waals surface area contributed by atoms with Gasteiger partial charge in [0.05, 0.1) is 24.4 Å². The van der Waals surface area contributed by atoms with E-state index >= 15 is 0 Å². The second-order valence-corrected chi connectivity index (χ2v) is 7.44. The molecule has 2 aromatic rings. The van der Waals surface area contributed by atoms with E-state index in [2.05, 4.69) is 15.7 Å². The van der Waals surface area contributed by atoms with Crippen molar-refractivity contribution < 1.29 is 23.9 Å². The molecule has 166 valence electrons. The lowest BCUT2D eigenvalue weighted by molar-refractivity contribution is -0.123. The second kappa shape index (κ2) is 8.83. The third-order valence-corrected chi connectivity index (χ3v) is 5.30. The fourth-order valence-electron chi connectivity index (χ4n) is 3.55. The lowest BCUT2D eigenvalue weighted by atomic mass is 10.1. The van der Waals surface area contributed by atoms with E-state index in [4.69, 9.17) is 21.1 Å². The molecule has 0 spiro atoms. The molecule has 2 aliphatic rings. The van der Waals surface area contributed by atoms with Crippen LogP contribution in [0.25, 0.3) is 0 Å². The van der Waals surface area contributed by atoms with Crippen molar-refractivity contribution in [2.24, 2.45) is 10.3 Å². The summed E-state index contributed by atoms with van der Waals surface area (Å²) in [7, 11) is 1.47. The van der Waals surface area contributed by atoms with Crippen LogP contribution in [0, 0.1) is 0 Å². The number of ether oxygens (including phenoxy) is 2. The van der Waals surface area contributed by atoms with Crippen molar-refractivity contribution in [1.29, 1.82) is 0 Å². The Labute approximate surface area is 188 Å². The average Bonchev–Trinajstić information content (AvgIpc) is 3.29. The van der Waals surface area contributed by atoms with E-state index in [-0.39, 0.29) is 11.6 Å². The quantitative estimate of drug-likeness (QED) is 0.639. The Morgan fingerprint density at radius 3 is 2.56 bits per heavy atom. The predicted molar refractivity (Wildman–Crippen MR) is 116 cm³/mol. The minimum Gasteiger partial charge on any atom is -0.495 e.